The maximum Gasteiger partial charge on any atom is 0.302 e. The highest BCUT2D eigenvalue weighted by Gasteiger charge is 2.31. The summed E-state index contributed by atoms with van der Waals surface area (Å²) in [5.41, 5.74) is 1.08. The van der Waals surface area contributed by atoms with Crippen molar-refractivity contribution < 1.29 is 23.8 Å². The first-order valence-electron chi connectivity index (χ1n) is 7.55. The van der Waals surface area contributed by atoms with Gasteiger partial charge in [-0.1, -0.05) is 6.07 Å². The van der Waals surface area contributed by atoms with Crippen molar-refractivity contribution in [2.45, 2.75) is 43.3 Å². The van der Waals surface area contributed by atoms with Crippen molar-refractivity contribution in [1.82, 2.24) is 0 Å². The lowest BCUT2D eigenvalue weighted by atomic mass is 9.96. The van der Waals surface area contributed by atoms with Gasteiger partial charge in [0, 0.05) is 30.8 Å². The fourth-order valence-electron chi connectivity index (χ4n) is 2.63. The number of ketones is 1. The second kappa shape index (κ2) is 8.24. The molecule has 126 valence electrons. The number of ether oxygens (including phenoxy) is 3. The Morgan fingerprint density at radius 2 is 2.00 bits per heavy atom. The number of hydrogen-bond acceptors (Lipinski definition) is 6. The first-order valence-corrected chi connectivity index (χ1v) is 8.59. The monoisotopic (exact) mass is 338 g/mol. The van der Waals surface area contributed by atoms with Crippen LogP contribution in [0.1, 0.15) is 31.7 Å². The largest absolute Gasteiger partial charge is 0.493 e. The van der Waals surface area contributed by atoms with Crippen molar-refractivity contribution >= 4 is 23.5 Å². The summed E-state index contributed by atoms with van der Waals surface area (Å²) in [6, 6.07) is 5.77. The van der Waals surface area contributed by atoms with Crippen molar-refractivity contribution in [3.63, 3.8) is 0 Å². The molecule has 1 saturated carbocycles. The summed E-state index contributed by atoms with van der Waals surface area (Å²) in [5.74, 6) is 2.03. The van der Waals surface area contributed by atoms with Gasteiger partial charge in [0.05, 0.1) is 14.2 Å². The highest BCUT2D eigenvalue weighted by Crippen LogP contribution is 2.34. The van der Waals surface area contributed by atoms with Crippen molar-refractivity contribution in [2.24, 2.45) is 0 Å². The van der Waals surface area contributed by atoms with Crippen LogP contribution in [-0.4, -0.2) is 37.3 Å². The van der Waals surface area contributed by atoms with E-state index in [0.29, 0.717) is 30.8 Å². The van der Waals surface area contributed by atoms with Crippen LogP contribution in [-0.2, 0) is 20.1 Å². The molecule has 23 heavy (non-hydrogen) atoms. The standard InChI is InChI=1S/C17H22O5S/c1-11(18)22-15-7-5-13(19)9-17(15)23-10-12-4-6-14(20-2)16(8-12)21-3/h4,6,8,15,17H,5,7,9-10H2,1-3H3/t15-,17+/m0/s1. The average Bonchev–Trinajstić information content (AvgIpc) is 2.54. The Morgan fingerprint density at radius 1 is 1.26 bits per heavy atom. The topological polar surface area (TPSA) is 61.8 Å². The molecule has 0 radical (unpaired) electrons. The predicted octanol–water partition coefficient (Wildman–Crippen LogP) is 2.99. The lowest BCUT2D eigenvalue weighted by Gasteiger charge is -2.29. The molecule has 1 fully saturated rings. The lowest BCUT2D eigenvalue weighted by Crippen LogP contribution is -2.35. The lowest BCUT2D eigenvalue weighted by molar-refractivity contribution is -0.148. The Morgan fingerprint density at radius 3 is 2.65 bits per heavy atom. The summed E-state index contributed by atoms with van der Waals surface area (Å²) in [6.45, 7) is 1.41. The second-order valence-corrected chi connectivity index (χ2v) is 6.70. The number of methoxy groups -OCH3 is 2. The Kier molecular flexibility index (Phi) is 6.33. The number of carbonyl (C=O) groups is 2. The number of esters is 1. The number of carbonyl (C=O) groups excluding carboxylic acids is 2. The molecule has 0 unspecified atom stereocenters. The SMILES string of the molecule is COc1ccc(CS[C@@H]2CC(=O)CC[C@@H]2OC(C)=O)cc1OC. The molecule has 0 heterocycles. The number of thioether (sulfide) groups is 1. The Labute approximate surface area is 140 Å². The van der Waals surface area contributed by atoms with Crippen LogP contribution in [0.25, 0.3) is 0 Å². The van der Waals surface area contributed by atoms with Crippen LogP contribution in [0.4, 0.5) is 0 Å². The van der Waals surface area contributed by atoms with Crippen molar-refractivity contribution in [3.8, 4) is 11.5 Å². The fourth-order valence-corrected chi connectivity index (χ4v) is 3.93. The minimum absolute atomic E-state index is 0.00764. The Hall–Kier alpha value is -1.69. The number of hydrogen-bond donors (Lipinski definition) is 0. The molecule has 0 aliphatic heterocycles. The van der Waals surface area contributed by atoms with Gasteiger partial charge in [-0.15, -0.1) is 11.8 Å². The molecule has 2 atom stereocenters. The van der Waals surface area contributed by atoms with Crippen LogP contribution in [0.2, 0.25) is 0 Å². The van der Waals surface area contributed by atoms with Crippen LogP contribution >= 0.6 is 11.8 Å². The van der Waals surface area contributed by atoms with Crippen LogP contribution in [0.15, 0.2) is 18.2 Å². The molecular weight excluding hydrogens is 316 g/mol. The summed E-state index contributed by atoms with van der Waals surface area (Å²) in [7, 11) is 3.20. The second-order valence-electron chi connectivity index (χ2n) is 5.47. The van der Waals surface area contributed by atoms with E-state index in [4.69, 9.17) is 14.2 Å². The van der Waals surface area contributed by atoms with Crippen molar-refractivity contribution in [2.75, 3.05) is 14.2 Å². The molecule has 6 heteroatoms. The van der Waals surface area contributed by atoms with Gasteiger partial charge in [0.1, 0.15) is 11.9 Å². The third-order valence-electron chi connectivity index (χ3n) is 3.78. The molecule has 2 rings (SSSR count). The molecule has 1 aromatic carbocycles. The number of Topliss-reactive ketones (excluding diaryl/α,β-unsaturated/α-hetero) is 1. The van der Waals surface area contributed by atoms with E-state index in [9.17, 15) is 9.59 Å². The molecule has 0 aromatic heterocycles. The van der Waals surface area contributed by atoms with Gasteiger partial charge in [0.15, 0.2) is 11.5 Å². The van der Waals surface area contributed by atoms with E-state index >= 15 is 0 Å². The van der Waals surface area contributed by atoms with E-state index in [1.807, 2.05) is 18.2 Å². The van der Waals surface area contributed by atoms with Gasteiger partial charge in [-0.05, 0) is 24.1 Å². The van der Waals surface area contributed by atoms with Crippen molar-refractivity contribution in [3.05, 3.63) is 23.8 Å². The normalized spacial score (nSPS) is 20.9. The van der Waals surface area contributed by atoms with Gasteiger partial charge >= 0.3 is 5.97 Å². The zero-order valence-electron chi connectivity index (χ0n) is 13.7. The summed E-state index contributed by atoms with van der Waals surface area (Å²) >= 11 is 1.64. The highest BCUT2D eigenvalue weighted by atomic mass is 32.2. The minimum atomic E-state index is -0.291. The Balaban J connectivity index is 2.02. The predicted molar refractivity (Wildman–Crippen MR) is 89.0 cm³/mol. The third kappa shape index (κ3) is 4.89. The van der Waals surface area contributed by atoms with E-state index in [1.54, 1.807) is 26.0 Å². The molecule has 0 spiro atoms. The zero-order chi connectivity index (χ0) is 16.8. The molecule has 1 aromatic rings. The van der Waals surface area contributed by atoms with Gasteiger partial charge in [0.25, 0.3) is 0 Å². The third-order valence-corrected chi connectivity index (χ3v) is 5.18. The summed E-state index contributed by atoms with van der Waals surface area (Å²) in [6.07, 6.45) is 1.37. The van der Waals surface area contributed by atoms with Crippen LogP contribution < -0.4 is 9.47 Å². The van der Waals surface area contributed by atoms with Crippen LogP contribution in [0.3, 0.4) is 0 Å². The van der Waals surface area contributed by atoms with E-state index in [-0.39, 0.29) is 23.1 Å². The van der Waals surface area contributed by atoms with Gasteiger partial charge < -0.3 is 14.2 Å². The molecular formula is C17H22O5S. The number of benzene rings is 1. The maximum absolute atomic E-state index is 11.7. The van der Waals surface area contributed by atoms with E-state index in [1.165, 1.54) is 6.92 Å². The van der Waals surface area contributed by atoms with E-state index in [0.717, 1.165) is 11.3 Å². The molecule has 5 nitrogen and oxygen atoms in total. The minimum Gasteiger partial charge on any atom is -0.493 e. The first kappa shape index (κ1) is 17.7. The highest BCUT2D eigenvalue weighted by molar-refractivity contribution is 7.99. The number of rotatable bonds is 6. The van der Waals surface area contributed by atoms with Crippen LogP contribution in [0.5, 0.6) is 11.5 Å². The van der Waals surface area contributed by atoms with Gasteiger partial charge in [-0.25, -0.2) is 0 Å². The Bertz CT molecular complexity index is 572. The van der Waals surface area contributed by atoms with E-state index < -0.39 is 0 Å². The summed E-state index contributed by atoms with van der Waals surface area (Å²) in [4.78, 5) is 22.9. The first-order chi connectivity index (χ1) is 11.0. The molecule has 0 bridgehead atoms. The van der Waals surface area contributed by atoms with Gasteiger partial charge in [0.2, 0.25) is 0 Å². The van der Waals surface area contributed by atoms with Crippen LogP contribution in [0, 0.1) is 0 Å². The smallest absolute Gasteiger partial charge is 0.302 e. The fraction of sp³-hybridized carbons (Fsp3) is 0.529. The molecule has 0 N–H and O–H groups in total. The maximum atomic E-state index is 11.7. The van der Waals surface area contributed by atoms with Gasteiger partial charge in [-0.2, -0.15) is 0 Å². The average molecular weight is 338 g/mol. The molecule has 0 saturated heterocycles. The summed E-state index contributed by atoms with van der Waals surface area (Å²) < 4.78 is 15.9. The van der Waals surface area contributed by atoms with Crippen molar-refractivity contribution in [1.29, 1.82) is 0 Å². The molecule has 1 aliphatic rings. The zero-order valence-corrected chi connectivity index (χ0v) is 14.5. The quantitative estimate of drug-likeness (QED) is 0.743. The summed E-state index contributed by atoms with van der Waals surface area (Å²) in [5, 5.41) is 0.00764. The molecule has 1 aliphatic carbocycles. The van der Waals surface area contributed by atoms with Gasteiger partial charge in [-0.3, -0.25) is 9.59 Å². The molecule has 0 amide bonds. The van der Waals surface area contributed by atoms with E-state index in [2.05, 4.69) is 0 Å².